The molecule has 0 atom stereocenters. The summed E-state index contributed by atoms with van der Waals surface area (Å²) in [5.41, 5.74) is 0.607. The van der Waals surface area contributed by atoms with Gasteiger partial charge in [0.05, 0.1) is 10.0 Å². The summed E-state index contributed by atoms with van der Waals surface area (Å²) in [6.07, 6.45) is 1.88. The highest BCUT2D eigenvalue weighted by Gasteiger charge is 2.13. The highest BCUT2D eigenvalue weighted by atomic mass is 35.5. The zero-order chi connectivity index (χ0) is 10.8. The van der Waals surface area contributed by atoms with Crippen LogP contribution >= 0.6 is 35.0 Å². The average molecular weight is 261 g/mol. The van der Waals surface area contributed by atoms with E-state index in [1.165, 1.54) is 16.4 Å². The van der Waals surface area contributed by atoms with Crippen molar-refractivity contribution in [2.75, 3.05) is 6.26 Å². The molecule has 0 aliphatic rings. The van der Waals surface area contributed by atoms with Gasteiger partial charge in [-0.15, -0.1) is 5.10 Å². The lowest BCUT2D eigenvalue weighted by Gasteiger charge is -2.06. The Hall–Kier alpha value is -0.780. The first kappa shape index (κ1) is 10.7. The molecule has 7 heteroatoms. The monoisotopic (exact) mass is 260 g/mol. The fourth-order valence-corrected chi connectivity index (χ4v) is 2.11. The first-order valence-corrected chi connectivity index (χ1v) is 5.99. The van der Waals surface area contributed by atoms with Gasteiger partial charge in [-0.25, -0.2) is 0 Å². The molecule has 1 aromatic carbocycles. The summed E-state index contributed by atoms with van der Waals surface area (Å²) in [6.45, 7) is 0. The van der Waals surface area contributed by atoms with Crippen LogP contribution in [0, 0.1) is 0 Å². The first-order valence-electron chi connectivity index (χ1n) is 4.01. The number of thioether (sulfide) groups is 1. The van der Waals surface area contributed by atoms with E-state index in [4.69, 9.17) is 23.2 Å². The van der Waals surface area contributed by atoms with Crippen LogP contribution in [0.3, 0.4) is 0 Å². The van der Waals surface area contributed by atoms with Gasteiger partial charge >= 0.3 is 0 Å². The number of nitrogens with zero attached hydrogens (tertiary/aromatic N) is 4. The maximum atomic E-state index is 6.04. The summed E-state index contributed by atoms with van der Waals surface area (Å²) in [7, 11) is 0. The van der Waals surface area contributed by atoms with E-state index in [0.29, 0.717) is 20.9 Å². The molecule has 1 aromatic heterocycles. The number of hydrogen-bond acceptors (Lipinski definition) is 4. The molecule has 2 aromatic rings. The van der Waals surface area contributed by atoms with E-state index in [9.17, 15) is 0 Å². The quantitative estimate of drug-likeness (QED) is 0.779. The summed E-state index contributed by atoms with van der Waals surface area (Å²) in [4.78, 5) is 0. The Morgan fingerprint density at radius 1 is 1.27 bits per heavy atom. The zero-order valence-electron chi connectivity index (χ0n) is 7.69. The number of hydrogen-bond donors (Lipinski definition) is 0. The third-order valence-electron chi connectivity index (χ3n) is 1.77. The summed E-state index contributed by atoms with van der Waals surface area (Å²) in [6, 6.07) is 5.26. The van der Waals surface area contributed by atoms with Gasteiger partial charge < -0.3 is 0 Å². The highest BCUT2D eigenvalue weighted by molar-refractivity contribution is 7.98. The predicted molar refractivity (Wildman–Crippen MR) is 61.0 cm³/mol. The minimum atomic E-state index is 0.519. The van der Waals surface area contributed by atoms with Crippen molar-refractivity contribution in [3.05, 3.63) is 28.2 Å². The zero-order valence-corrected chi connectivity index (χ0v) is 10.0. The topological polar surface area (TPSA) is 43.6 Å². The van der Waals surface area contributed by atoms with Crippen molar-refractivity contribution in [3.8, 4) is 5.69 Å². The van der Waals surface area contributed by atoms with Crippen LogP contribution in [0.5, 0.6) is 0 Å². The first-order chi connectivity index (χ1) is 7.24. The molecule has 0 saturated heterocycles. The van der Waals surface area contributed by atoms with Gasteiger partial charge in [0.25, 0.3) is 0 Å². The SMILES string of the molecule is CSc1nnnn1-c1c(Cl)cccc1Cl. The van der Waals surface area contributed by atoms with Crippen LogP contribution in [0.1, 0.15) is 0 Å². The van der Waals surface area contributed by atoms with E-state index in [-0.39, 0.29) is 0 Å². The molecule has 0 fully saturated rings. The fraction of sp³-hybridized carbons (Fsp3) is 0.125. The van der Waals surface area contributed by atoms with Crippen molar-refractivity contribution >= 4 is 35.0 Å². The van der Waals surface area contributed by atoms with Gasteiger partial charge in [0, 0.05) is 0 Å². The molecule has 0 saturated carbocycles. The van der Waals surface area contributed by atoms with Crippen LogP contribution in [-0.4, -0.2) is 26.5 Å². The van der Waals surface area contributed by atoms with Gasteiger partial charge in [-0.3, -0.25) is 0 Å². The lowest BCUT2D eigenvalue weighted by Crippen LogP contribution is -2.00. The fourth-order valence-electron chi connectivity index (χ4n) is 1.14. The largest absolute Gasteiger partial charge is 0.213 e. The Kier molecular flexibility index (Phi) is 3.14. The van der Waals surface area contributed by atoms with E-state index >= 15 is 0 Å². The van der Waals surface area contributed by atoms with Crippen molar-refractivity contribution in [2.45, 2.75) is 5.16 Å². The van der Waals surface area contributed by atoms with E-state index in [1.807, 2.05) is 6.26 Å². The summed E-state index contributed by atoms with van der Waals surface area (Å²) in [5, 5.41) is 12.9. The predicted octanol–water partition coefficient (Wildman–Crippen LogP) is 2.69. The Bertz CT molecular complexity index is 465. The molecular weight excluding hydrogens is 255 g/mol. The molecule has 78 valence electrons. The Balaban J connectivity index is 2.63. The van der Waals surface area contributed by atoms with Crippen LogP contribution in [0.15, 0.2) is 23.4 Å². The average Bonchev–Trinajstić information content (AvgIpc) is 2.65. The molecule has 2 rings (SSSR count). The number of aromatic nitrogens is 4. The normalized spacial score (nSPS) is 10.6. The second-order valence-electron chi connectivity index (χ2n) is 2.65. The molecule has 0 aliphatic carbocycles. The number of rotatable bonds is 2. The van der Waals surface area contributed by atoms with Crippen LogP contribution in [0.2, 0.25) is 10.0 Å². The Morgan fingerprint density at radius 2 is 1.93 bits per heavy atom. The highest BCUT2D eigenvalue weighted by Crippen LogP contribution is 2.29. The molecule has 0 bridgehead atoms. The number of benzene rings is 1. The lowest BCUT2D eigenvalue weighted by atomic mass is 10.3. The maximum Gasteiger partial charge on any atom is 0.213 e. The van der Waals surface area contributed by atoms with Crippen LogP contribution in [-0.2, 0) is 0 Å². The summed E-state index contributed by atoms with van der Waals surface area (Å²) in [5.74, 6) is 0. The smallest absolute Gasteiger partial charge is 0.184 e. The Labute approximate surface area is 101 Å². The molecule has 0 N–H and O–H groups in total. The summed E-state index contributed by atoms with van der Waals surface area (Å²) < 4.78 is 1.52. The molecule has 0 radical (unpaired) electrons. The minimum absolute atomic E-state index is 0.519. The van der Waals surface area contributed by atoms with Crippen LogP contribution in [0.25, 0.3) is 5.69 Å². The van der Waals surface area contributed by atoms with Crippen LogP contribution in [0.4, 0.5) is 0 Å². The van der Waals surface area contributed by atoms with Gasteiger partial charge in [0.1, 0.15) is 5.69 Å². The van der Waals surface area contributed by atoms with Crippen molar-refractivity contribution in [3.63, 3.8) is 0 Å². The van der Waals surface area contributed by atoms with E-state index in [0.717, 1.165) is 0 Å². The number of tetrazole rings is 1. The molecule has 0 unspecified atom stereocenters. The Morgan fingerprint density at radius 3 is 2.53 bits per heavy atom. The molecule has 4 nitrogen and oxygen atoms in total. The van der Waals surface area contributed by atoms with Crippen molar-refractivity contribution in [2.24, 2.45) is 0 Å². The second-order valence-corrected chi connectivity index (χ2v) is 4.24. The van der Waals surface area contributed by atoms with Gasteiger partial charge in [-0.05, 0) is 28.8 Å². The standard InChI is InChI=1S/C8H6Cl2N4S/c1-15-8-11-12-13-14(8)7-5(9)3-2-4-6(7)10/h2-4H,1H3. The molecule has 0 aliphatic heterocycles. The second kappa shape index (κ2) is 4.38. The lowest BCUT2D eigenvalue weighted by molar-refractivity contribution is 0.757. The van der Waals surface area contributed by atoms with E-state index in [1.54, 1.807) is 18.2 Å². The molecule has 15 heavy (non-hydrogen) atoms. The van der Waals surface area contributed by atoms with Gasteiger partial charge in [0.2, 0.25) is 5.16 Å². The number of para-hydroxylation sites is 1. The molecular formula is C8H6Cl2N4S. The molecule has 0 spiro atoms. The number of halogens is 2. The van der Waals surface area contributed by atoms with Crippen molar-refractivity contribution < 1.29 is 0 Å². The van der Waals surface area contributed by atoms with Gasteiger partial charge in [-0.2, -0.15) is 4.68 Å². The molecule has 0 amide bonds. The van der Waals surface area contributed by atoms with E-state index < -0.39 is 0 Å². The summed E-state index contributed by atoms with van der Waals surface area (Å²) >= 11 is 13.5. The van der Waals surface area contributed by atoms with Crippen LogP contribution < -0.4 is 0 Å². The third kappa shape index (κ3) is 1.95. The van der Waals surface area contributed by atoms with Gasteiger partial charge in [-0.1, -0.05) is 41.0 Å². The minimum Gasteiger partial charge on any atom is -0.184 e. The third-order valence-corrected chi connectivity index (χ3v) is 3.00. The maximum absolute atomic E-state index is 6.04. The van der Waals surface area contributed by atoms with Gasteiger partial charge in [0.15, 0.2) is 0 Å². The molecule has 1 heterocycles. The van der Waals surface area contributed by atoms with Crippen molar-refractivity contribution in [1.29, 1.82) is 0 Å². The van der Waals surface area contributed by atoms with Crippen molar-refractivity contribution in [1.82, 2.24) is 20.2 Å². The van der Waals surface area contributed by atoms with E-state index in [2.05, 4.69) is 15.5 Å².